The number of Topliss-reactive ketones (excluding diaryl/α,β-unsaturated/α-hetero) is 1. The van der Waals surface area contributed by atoms with Crippen LogP contribution in [-0.2, 0) is 10.0 Å². The van der Waals surface area contributed by atoms with Crippen molar-refractivity contribution in [1.29, 1.82) is 0 Å². The first-order valence-corrected chi connectivity index (χ1v) is 8.51. The van der Waals surface area contributed by atoms with Gasteiger partial charge in [-0.2, -0.15) is 4.31 Å². The molecule has 118 valence electrons. The number of rotatable bonds is 8. The SMILES string of the molecule is CCN(CCO)S(=O)(=O)c1ccc(C(=O)CC(C)C)cc1. The lowest BCUT2D eigenvalue weighted by atomic mass is 10.0. The van der Waals surface area contributed by atoms with Crippen molar-refractivity contribution >= 4 is 15.8 Å². The number of aliphatic hydroxyl groups is 1. The largest absolute Gasteiger partial charge is 0.395 e. The van der Waals surface area contributed by atoms with Crippen LogP contribution < -0.4 is 0 Å². The van der Waals surface area contributed by atoms with Crippen molar-refractivity contribution in [2.45, 2.75) is 32.1 Å². The minimum absolute atomic E-state index is 0.0108. The van der Waals surface area contributed by atoms with Gasteiger partial charge in [0.25, 0.3) is 0 Å². The van der Waals surface area contributed by atoms with Crippen molar-refractivity contribution in [3.63, 3.8) is 0 Å². The quantitative estimate of drug-likeness (QED) is 0.744. The average molecular weight is 313 g/mol. The van der Waals surface area contributed by atoms with Gasteiger partial charge in [0.1, 0.15) is 0 Å². The zero-order chi connectivity index (χ0) is 16.0. The number of hydrogen-bond donors (Lipinski definition) is 1. The number of ketones is 1. The Hall–Kier alpha value is -1.24. The molecule has 0 fully saturated rings. The summed E-state index contributed by atoms with van der Waals surface area (Å²) in [5, 5.41) is 8.93. The number of carbonyl (C=O) groups is 1. The monoisotopic (exact) mass is 313 g/mol. The van der Waals surface area contributed by atoms with E-state index in [0.29, 0.717) is 12.0 Å². The maximum Gasteiger partial charge on any atom is 0.243 e. The maximum absolute atomic E-state index is 12.3. The van der Waals surface area contributed by atoms with E-state index in [1.54, 1.807) is 19.1 Å². The number of nitrogens with zero attached hydrogens (tertiary/aromatic N) is 1. The second-order valence-corrected chi connectivity index (χ2v) is 7.20. The van der Waals surface area contributed by atoms with Gasteiger partial charge in [-0.25, -0.2) is 8.42 Å². The molecule has 1 N–H and O–H groups in total. The molecule has 0 aliphatic carbocycles. The molecule has 0 aliphatic heterocycles. The van der Waals surface area contributed by atoms with Gasteiger partial charge < -0.3 is 5.11 Å². The Morgan fingerprint density at radius 2 is 1.81 bits per heavy atom. The molecule has 0 spiro atoms. The predicted octanol–water partition coefficient (Wildman–Crippen LogP) is 1.92. The van der Waals surface area contributed by atoms with E-state index in [4.69, 9.17) is 5.11 Å². The van der Waals surface area contributed by atoms with Crippen molar-refractivity contribution < 1.29 is 18.3 Å². The third-order valence-electron chi connectivity index (χ3n) is 3.11. The maximum atomic E-state index is 12.3. The molecular formula is C15H23NO4S. The van der Waals surface area contributed by atoms with E-state index in [2.05, 4.69) is 0 Å². The summed E-state index contributed by atoms with van der Waals surface area (Å²) in [5.41, 5.74) is 0.521. The highest BCUT2D eigenvalue weighted by Crippen LogP contribution is 2.17. The van der Waals surface area contributed by atoms with Gasteiger partial charge in [0.15, 0.2) is 5.78 Å². The molecule has 0 saturated carbocycles. The minimum atomic E-state index is -3.62. The highest BCUT2D eigenvalue weighted by molar-refractivity contribution is 7.89. The summed E-state index contributed by atoms with van der Waals surface area (Å²) in [6.07, 6.45) is 0.442. The molecule has 5 nitrogen and oxygen atoms in total. The smallest absolute Gasteiger partial charge is 0.243 e. The van der Waals surface area contributed by atoms with E-state index in [0.717, 1.165) is 0 Å². The topological polar surface area (TPSA) is 74.7 Å². The molecule has 0 unspecified atom stereocenters. The molecule has 0 saturated heterocycles. The summed E-state index contributed by atoms with van der Waals surface area (Å²) in [7, 11) is -3.62. The number of carbonyl (C=O) groups excluding carboxylic acids is 1. The number of likely N-dealkylation sites (N-methyl/N-ethyl adjacent to an activating group) is 1. The molecule has 1 aromatic carbocycles. The van der Waals surface area contributed by atoms with Gasteiger partial charge in [0.05, 0.1) is 11.5 Å². The highest BCUT2D eigenvalue weighted by atomic mass is 32.2. The van der Waals surface area contributed by atoms with Crippen LogP contribution in [0.3, 0.4) is 0 Å². The average Bonchev–Trinajstić information content (AvgIpc) is 2.44. The summed E-state index contributed by atoms with van der Waals surface area (Å²) in [6.45, 7) is 5.77. The van der Waals surface area contributed by atoms with Crippen molar-refractivity contribution in [1.82, 2.24) is 4.31 Å². The van der Waals surface area contributed by atoms with Crippen LogP contribution in [0.25, 0.3) is 0 Å². The molecule has 0 atom stereocenters. The van der Waals surface area contributed by atoms with Crippen LogP contribution in [0.2, 0.25) is 0 Å². The van der Waals surface area contributed by atoms with Gasteiger partial charge >= 0.3 is 0 Å². The lowest BCUT2D eigenvalue weighted by Gasteiger charge is -2.19. The summed E-state index contributed by atoms with van der Waals surface area (Å²) in [4.78, 5) is 12.1. The fraction of sp³-hybridized carbons (Fsp3) is 0.533. The van der Waals surface area contributed by atoms with E-state index >= 15 is 0 Å². The molecule has 1 rings (SSSR count). The van der Waals surface area contributed by atoms with Crippen molar-refractivity contribution in [3.8, 4) is 0 Å². The summed E-state index contributed by atoms with van der Waals surface area (Å²) < 4.78 is 25.9. The standard InChI is InChI=1S/C15H23NO4S/c1-4-16(9-10-17)21(19,20)14-7-5-13(6-8-14)15(18)11-12(2)3/h5-8,12,17H,4,9-11H2,1-3H3. The van der Waals surface area contributed by atoms with Crippen LogP contribution >= 0.6 is 0 Å². The van der Waals surface area contributed by atoms with Crippen LogP contribution in [0.15, 0.2) is 29.2 Å². The van der Waals surface area contributed by atoms with Crippen molar-refractivity contribution in [2.24, 2.45) is 5.92 Å². The van der Waals surface area contributed by atoms with Crippen molar-refractivity contribution in [2.75, 3.05) is 19.7 Å². The van der Waals surface area contributed by atoms with E-state index in [1.807, 2.05) is 13.8 Å². The fourth-order valence-corrected chi connectivity index (χ4v) is 3.45. The second kappa shape index (κ2) is 7.68. The van der Waals surface area contributed by atoms with Gasteiger partial charge in [0, 0.05) is 25.1 Å². The van der Waals surface area contributed by atoms with Gasteiger partial charge in [0.2, 0.25) is 10.0 Å². The van der Waals surface area contributed by atoms with E-state index in [9.17, 15) is 13.2 Å². The third kappa shape index (κ3) is 4.62. The normalized spacial score (nSPS) is 12.1. The van der Waals surface area contributed by atoms with Gasteiger partial charge in [-0.15, -0.1) is 0 Å². The Morgan fingerprint density at radius 3 is 2.24 bits per heavy atom. The minimum Gasteiger partial charge on any atom is -0.395 e. The van der Waals surface area contributed by atoms with Crippen LogP contribution in [-0.4, -0.2) is 43.3 Å². The molecule has 0 amide bonds. The van der Waals surface area contributed by atoms with E-state index < -0.39 is 10.0 Å². The number of sulfonamides is 1. The number of hydrogen-bond acceptors (Lipinski definition) is 4. The molecule has 0 bridgehead atoms. The van der Waals surface area contributed by atoms with Gasteiger partial charge in [-0.3, -0.25) is 4.79 Å². The van der Waals surface area contributed by atoms with Crippen LogP contribution in [0.4, 0.5) is 0 Å². The third-order valence-corrected chi connectivity index (χ3v) is 5.10. The Morgan fingerprint density at radius 1 is 1.24 bits per heavy atom. The zero-order valence-corrected chi connectivity index (χ0v) is 13.6. The number of benzene rings is 1. The van der Waals surface area contributed by atoms with Crippen LogP contribution in [0.5, 0.6) is 0 Å². The van der Waals surface area contributed by atoms with Crippen molar-refractivity contribution in [3.05, 3.63) is 29.8 Å². The second-order valence-electron chi connectivity index (χ2n) is 5.27. The molecule has 0 heterocycles. The first-order chi connectivity index (χ1) is 9.82. The Bertz CT molecular complexity index is 564. The molecule has 0 aliphatic rings. The molecular weight excluding hydrogens is 290 g/mol. The predicted molar refractivity (Wildman–Crippen MR) is 81.7 cm³/mol. The number of aliphatic hydroxyl groups excluding tert-OH is 1. The molecule has 6 heteroatoms. The van der Waals surface area contributed by atoms with Crippen LogP contribution in [0, 0.1) is 5.92 Å². The Balaban J connectivity index is 2.98. The Kier molecular flexibility index (Phi) is 6.51. The van der Waals surface area contributed by atoms with Gasteiger partial charge in [-0.05, 0) is 18.1 Å². The highest BCUT2D eigenvalue weighted by Gasteiger charge is 2.22. The zero-order valence-electron chi connectivity index (χ0n) is 12.7. The van der Waals surface area contributed by atoms with E-state index in [1.165, 1.54) is 16.4 Å². The fourth-order valence-electron chi connectivity index (χ4n) is 2.01. The summed E-state index contributed by atoms with van der Waals surface area (Å²) in [5.74, 6) is 0.276. The molecule has 0 aromatic heterocycles. The first-order valence-electron chi connectivity index (χ1n) is 7.07. The lowest BCUT2D eigenvalue weighted by molar-refractivity contribution is 0.0967. The molecule has 1 aromatic rings. The van der Waals surface area contributed by atoms with E-state index in [-0.39, 0.29) is 36.3 Å². The summed E-state index contributed by atoms with van der Waals surface area (Å²) >= 11 is 0. The Labute approximate surface area is 126 Å². The van der Waals surface area contributed by atoms with Crippen LogP contribution in [0.1, 0.15) is 37.6 Å². The lowest BCUT2D eigenvalue weighted by Crippen LogP contribution is -2.33. The van der Waals surface area contributed by atoms with Gasteiger partial charge in [-0.1, -0.05) is 32.9 Å². The summed E-state index contributed by atoms with van der Waals surface area (Å²) in [6, 6.07) is 5.99. The molecule has 0 radical (unpaired) electrons. The first kappa shape index (κ1) is 17.8. The molecule has 21 heavy (non-hydrogen) atoms.